The second-order valence-electron chi connectivity index (χ2n) is 22.4. The molecule has 0 amide bonds. The zero-order valence-corrected chi connectivity index (χ0v) is 45.9. The van der Waals surface area contributed by atoms with Crippen LogP contribution in [0.15, 0.2) is 291 Å². The Bertz CT molecular complexity index is 5460. The first-order valence-corrected chi connectivity index (χ1v) is 29.0. The minimum absolute atomic E-state index is 0.539. The maximum atomic E-state index is 5.54. The molecule has 18 rings (SSSR count). The lowest BCUT2D eigenvalue weighted by molar-refractivity contribution is 0.955. The van der Waals surface area contributed by atoms with Gasteiger partial charge in [-0.25, -0.2) is 4.98 Å². The summed E-state index contributed by atoms with van der Waals surface area (Å²) < 4.78 is 7.12. The van der Waals surface area contributed by atoms with Crippen molar-refractivity contribution in [3.63, 3.8) is 0 Å². The average molecular weight is 1080 g/mol. The number of para-hydroxylation sites is 2. The zero-order valence-electron chi connectivity index (χ0n) is 45.9. The Morgan fingerprint density at radius 2 is 0.541 bits per heavy atom. The van der Waals surface area contributed by atoms with Gasteiger partial charge in [0.25, 0.3) is 0 Å². The molecule has 0 saturated carbocycles. The Kier molecular flexibility index (Phi) is 10.3. The van der Waals surface area contributed by atoms with Crippen LogP contribution < -0.4 is 0 Å². The molecule has 0 atom stereocenters. The van der Waals surface area contributed by atoms with Crippen molar-refractivity contribution in [3.05, 3.63) is 291 Å². The van der Waals surface area contributed by atoms with E-state index < -0.39 is 0 Å². The topological polar surface area (TPSA) is 53.5 Å². The fourth-order valence-corrected chi connectivity index (χ4v) is 13.6. The number of aromatic nitrogens is 6. The molecule has 4 heterocycles. The SMILES string of the molecule is c1ccc2cc(-c3ccc4c(c3)c3ccccc3n4-c3ccc4c(c3)c3cc(-n5c6ccccc6c6cc(-c7ccc8ccccc8c7)ccc65)ccc3n4-c3nc(-c4cccc5ccccc45)nc(-c4cccc5ccccc45)n3)ccc2c1. The first-order valence-electron chi connectivity index (χ1n) is 29.0. The molecule has 0 radical (unpaired) electrons. The highest BCUT2D eigenvalue weighted by Crippen LogP contribution is 2.42. The summed E-state index contributed by atoms with van der Waals surface area (Å²) in [6.45, 7) is 0. The van der Waals surface area contributed by atoms with Crippen LogP contribution in [0.25, 0.3) is 171 Å². The fourth-order valence-electron chi connectivity index (χ4n) is 13.6. The number of rotatable bonds is 7. The lowest BCUT2D eigenvalue weighted by Crippen LogP contribution is -2.07. The van der Waals surface area contributed by atoms with Crippen molar-refractivity contribution in [2.24, 2.45) is 0 Å². The summed E-state index contributed by atoms with van der Waals surface area (Å²) in [5, 5.41) is 16.3. The van der Waals surface area contributed by atoms with E-state index in [2.05, 4.69) is 305 Å². The van der Waals surface area contributed by atoms with E-state index in [1.54, 1.807) is 0 Å². The summed E-state index contributed by atoms with van der Waals surface area (Å²) in [7, 11) is 0. The summed E-state index contributed by atoms with van der Waals surface area (Å²) >= 11 is 0. The number of benzene rings is 14. The third kappa shape index (κ3) is 7.42. The Morgan fingerprint density at radius 3 is 1.02 bits per heavy atom. The summed E-state index contributed by atoms with van der Waals surface area (Å²) in [6, 6.07) is 106. The first-order chi connectivity index (χ1) is 42.1. The molecule has 6 nitrogen and oxygen atoms in total. The largest absolute Gasteiger partial charge is 0.309 e. The maximum Gasteiger partial charge on any atom is 0.238 e. The molecule has 18 aromatic rings. The lowest BCUT2D eigenvalue weighted by Gasteiger charge is -2.14. The average Bonchev–Trinajstić information content (AvgIpc) is 2.03. The Balaban J connectivity index is 0.887. The molecule has 0 aliphatic heterocycles. The van der Waals surface area contributed by atoms with Crippen molar-refractivity contribution in [2.75, 3.05) is 0 Å². The third-order valence-corrected chi connectivity index (χ3v) is 17.6. The van der Waals surface area contributed by atoms with E-state index in [4.69, 9.17) is 15.0 Å². The number of nitrogens with zero attached hydrogens (tertiary/aromatic N) is 6. The number of hydrogen-bond acceptors (Lipinski definition) is 3. The third-order valence-electron chi connectivity index (χ3n) is 17.6. The van der Waals surface area contributed by atoms with Gasteiger partial charge < -0.3 is 9.13 Å². The number of fused-ring (bicyclic) bond motifs is 13. The van der Waals surface area contributed by atoms with Crippen LogP contribution >= 0.6 is 0 Å². The van der Waals surface area contributed by atoms with Gasteiger partial charge in [0.15, 0.2) is 11.6 Å². The number of hydrogen-bond donors (Lipinski definition) is 0. The van der Waals surface area contributed by atoms with E-state index in [1.807, 2.05) is 0 Å². The summed E-state index contributed by atoms with van der Waals surface area (Å²) in [5.41, 5.74) is 15.3. The van der Waals surface area contributed by atoms with Crippen LogP contribution in [0.3, 0.4) is 0 Å². The van der Waals surface area contributed by atoms with Gasteiger partial charge in [-0.15, -0.1) is 0 Å². The highest BCUT2D eigenvalue weighted by molar-refractivity contribution is 6.15. The molecule has 4 aromatic heterocycles. The van der Waals surface area contributed by atoms with Crippen LogP contribution in [0.4, 0.5) is 0 Å². The van der Waals surface area contributed by atoms with Gasteiger partial charge in [0, 0.05) is 54.8 Å². The molecule has 0 saturated heterocycles. The zero-order chi connectivity index (χ0) is 55.7. The maximum absolute atomic E-state index is 5.54. The molecular weight excluding hydrogens is 1030 g/mol. The summed E-state index contributed by atoms with van der Waals surface area (Å²) in [6.07, 6.45) is 0. The lowest BCUT2D eigenvalue weighted by atomic mass is 9.99. The molecule has 14 aromatic carbocycles. The van der Waals surface area contributed by atoms with Crippen molar-refractivity contribution in [1.29, 1.82) is 0 Å². The molecule has 6 heteroatoms. The molecular formula is C79H48N6. The van der Waals surface area contributed by atoms with Gasteiger partial charge in [-0.3, -0.25) is 4.57 Å². The molecule has 0 fully saturated rings. The minimum Gasteiger partial charge on any atom is -0.309 e. The fraction of sp³-hybridized carbons (Fsp3) is 0. The molecule has 0 unspecified atom stereocenters. The van der Waals surface area contributed by atoms with Gasteiger partial charge >= 0.3 is 0 Å². The van der Waals surface area contributed by atoms with Crippen molar-refractivity contribution >= 4 is 109 Å². The van der Waals surface area contributed by atoms with Gasteiger partial charge in [0.1, 0.15) is 0 Å². The van der Waals surface area contributed by atoms with Gasteiger partial charge in [-0.1, -0.05) is 206 Å². The van der Waals surface area contributed by atoms with Crippen LogP contribution in [0.1, 0.15) is 0 Å². The van der Waals surface area contributed by atoms with Crippen LogP contribution in [-0.4, -0.2) is 28.7 Å². The first kappa shape index (κ1) is 47.2. The molecule has 0 aliphatic rings. The van der Waals surface area contributed by atoms with Gasteiger partial charge in [-0.2, -0.15) is 9.97 Å². The van der Waals surface area contributed by atoms with Crippen LogP contribution in [-0.2, 0) is 0 Å². The standard InChI is InChI=1S/C79H48N6/c1-3-19-53-43-55(33-31-49(53)15-1)57-35-39-73-67(45-57)63-25-9-11-29-71(63)83(73)59-37-41-75-69(47-59)70-48-60(84-72-30-12-10-26-64(72)68-46-58(36-40-74(68)84)56-34-32-50-16-2-4-20-54(50)44-56)38-42-76(70)85(75)79-81-77(65-27-13-21-51-17-5-7-23-61(51)65)80-78(82-79)66-28-14-22-52-18-6-8-24-62(52)66/h1-48H. The molecule has 85 heavy (non-hydrogen) atoms. The molecule has 0 bridgehead atoms. The van der Waals surface area contributed by atoms with Crippen molar-refractivity contribution < 1.29 is 0 Å². The summed E-state index contributed by atoms with van der Waals surface area (Å²) in [4.78, 5) is 16.5. The minimum atomic E-state index is 0.539. The Hall–Kier alpha value is -11.5. The van der Waals surface area contributed by atoms with E-state index >= 15 is 0 Å². The Morgan fingerprint density at radius 1 is 0.200 bits per heavy atom. The quantitative estimate of drug-likeness (QED) is 0.160. The monoisotopic (exact) mass is 1080 g/mol. The molecule has 0 spiro atoms. The predicted molar refractivity (Wildman–Crippen MR) is 355 cm³/mol. The van der Waals surface area contributed by atoms with Gasteiger partial charge in [0.05, 0.1) is 33.1 Å². The van der Waals surface area contributed by atoms with E-state index in [9.17, 15) is 0 Å². The van der Waals surface area contributed by atoms with Crippen molar-refractivity contribution in [1.82, 2.24) is 28.7 Å². The molecule has 0 N–H and O–H groups in total. The van der Waals surface area contributed by atoms with E-state index in [1.165, 1.54) is 65.3 Å². The second-order valence-corrected chi connectivity index (χ2v) is 22.4. The highest BCUT2D eigenvalue weighted by Gasteiger charge is 2.23. The molecule has 394 valence electrons. The van der Waals surface area contributed by atoms with Crippen LogP contribution in [0, 0.1) is 0 Å². The predicted octanol–water partition coefficient (Wildman–Crippen LogP) is 20.4. The van der Waals surface area contributed by atoms with E-state index in [-0.39, 0.29) is 0 Å². The smallest absolute Gasteiger partial charge is 0.238 e. The van der Waals surface area contributed by atoms with Crippen LogP contribution in [0.2, 0.25) is 0 Å². The Labute approximate surface area is 488 Å². The molecule has 0 aliphatic carbocycles. The van der Waals surface area contributed by atoms with Gasteiger partial charge in [-0.05, 0) is 150 Å². The van der Waals surface area contributed by atoms with E-state index in [0.717, 1.165) is 87.9 Å². The normalized spacial score (nSPS) is 12.0. The van der Waals surface area contributed by atoms with E-state index in [0.29, 0.717) is 17.6 Å². The highest BCUT2D eigenvalue weighted by atomic mass is 15.2. The van der Waals surface area contributed by atoms with Crippen molar-refractivity contribution in [3.8, 4) is 62.4 Å². The second kappa shape index (κ2) is 18.5. The summed E-state index contributed by atoms with van der Waals surface area (Å²) in [5.74, 6) is 1.75. The van der Waals surface area contributed by atoms with Crippen molar-refractivity contribution in [2.45, 2.75) is 0 Å². The van der Waals surface area contributed by atoms with Crippen LogP contribution in [0.5, 0.6) is 0 Å². The van der Waals surface area contributed by atoms with Gasteiger partial charge in [0.2, 0.25) is 5.95 Å².